The van der Waals surface area contributed by atoms with Gasteiger partial charge in [0.25, 0.3) is 0 Å². The zero-order valence-corrected chi connectivity index (χ0v) is 11.3. The van der Waals surface area contributed by atoms with Crippen LogP contribution in [0.1, 0.15) is 24.0 Å². The molecule has 0 aliphatic heterocycles. The van der Waals surface area contributed by atoms with Crippen LogP contribution >= 0.6 is 0 Å². The van der Waals surface area contributed by atoms with E-state index in [4.69, 9.17) is 10.5 Å². The summed E-state index contributed by atoms with van der Waals surface area (Å²) in [5.74, 6) is 0.719. The minimum atomic E-state index is -1.68. The van der Waals surface area contributed by atoms with E-state index in [0.29, 0.717) is 17.2 Å². The van der Waals surface area contributed by atoms with Gasteiger partial charge in [0.15, 0.2) is 5.67 Å². The lowest BCUT2D eigenvalue weighted by Crippen LogP contribution is -2.31. The standard InChI is InChI=1S/C17H18FNO/c18-17(12-19,13-5-2-1-3-6-13)14-7-4-8-16(11-14)20-15-9-10-15/h1-8,11,15H,9-10,12,19H2. The van der Waals surface area contributed by atoms with Gasteiger partial charge in [-0.2, -0.15) is 0 Å². The minimum absolute atomic E-state index is 0.0934. The number of ether oxygens (including phenoxy) is 1. The summed E-state index contributed by atoms with van der Waals surface area (Å²) in [6.07, 6.45) is 2.47. The molecule has 2 aromatic carbocycles. The van der Waals surface area contributed by atoms with E-state index in [2.05, 4.69) is 0 Å². The zero-order valence-electron chi connectivity index (χ0n) is 11.3. The Morgan fingerprint density at radius 1 is 1.05 bits per heavy atom. The van der Waals surface area contributed by atoms with E-state index >= 15 is 4.39 Å². The fourth-order valence-electron chi connectivity index (χ4n) is 2.30. The molecule has 1 atom stereocenters. The SMILES string of the molecule is NCC(F)(c1ccccc1)c1cccc(OC2CC2)c1. The summed E-state index contributed by atoms with van der Waals surface area (Å²) in [4.78, 5) is 0. The van der Waals surface area contributed by atoms with Crippen LogP contribution in [-0.2, 0) is 5.67 Å². The van der Waals surface area contributed by atoms with E-state index in [-0.39, 0.29) is 6.54 Å². The van der Waals surface area contributed by atoms with Gasteiger partial charge in [0, 0.05) is 6.54 Å². The summed E-state index contributed by atoms with van der Waals surface area (Å²) >= 11 is 0. The van der Waals surface area contributed by atoms with Crippen LogP contribution in [0.3, 0.4) is 0 Å². The highest BCUT2D eigenvalue weighted by atomic mass is 19.1. The van der Waals surface area contributed by atoms with Gasteiger partial charge in [-0.05, 0) is 36.1 Å². The molecule has 0 saturated heterocycles. The van der Waals surface area contributed by atoms with Crippen LogP contribution in [0.4, 0.5) is 4.39 Å². The number of rotatable bonds is 5. The van der Waals surface area contributed by atoms with Crippen LogP contribution in [0.5, 0.6) is 5.75 Å². The van der Waals surface area contributed by atoms with Crippen LogP contribution in [0, 0.1) is 0 Å². The summed E-state index contributed by atoms with van der Waals surface area (Å²) in [6.45, 7) is -0.0934. The molecule has 0 aromatic heterocycles. The summed E-state index contributed by atoms with van der Waals surface area (Å²) in [5.41, 5.74) is 5.16. The lowest BCUT2D eigenvalue weighted by Gasteiger charge is -2.25. The van der Waals surface area contributed by atoms with E-state index in [9.17, 15) is 0 Å². The smallest absolute Gasteiger partial charge is 0.173 e. The van der Waals surface area contributed by atoms with Gasteiger partial charge < -0.3 is 10.5 Å². The molecule has 1 saturated carbocycles. The van der Waals surface area contributed by atoms with Crippen molar-refractivity contribution in [3.63, 3.8) is 0 Å². The monoisotopic (exact) mass is 271 g/mol. The molecule has 20 heavy (non-hydrogen) atoms. The van der Waals surface area contributed by atoms with Crippen molar-refractivity contribution in [1.82, 2.24) is 0 Å². The van der Waals surface area contributed by atoms with Crippen LogP contribution in [-0.4, -0.2) is 12.6 Å². The van der Waals surface area contributed by atoms with Gasteiger partial charge in [-0.3, -0.25) is 0 Å². The molecule has 3 heteroatoms. The van der Waals surface area contributed by atoms with Gasteiger partial charge >= 0.3 is 0 Å². The molecule has 2 nitrogen and oxygen atoms in total. The summed E-state index contributed by atoms with van der Waals surface area (Å²) in [7, 11) is 0. The maximum absolute atomic E-state index is 15.3. The van der Waals surface area contributed by atoms with Crippen molar-refractivity contribution < 1.29 is 9.13 Å². The van der Waals surface area contributed by atoms with Gasteiger partial charge in [0.1, 0.15) is 5.75 Å². The Labute approximate surface area is 118 Å². The molecular formula is C17H18FNO. The van der Waals surface area contributed by atoms with Crippen molar-refractivity contribution in [2.45, 2.75) is 24.6 Å². The highest BCUT2D eigenvalue weighted by molar-refractivity contribution is 5.40. The second-order valence-electron chi connectivity index (χ2n) is 5.22. The molecule has 0 spiro atoms. The van der Waals surface area contributed by atoms with Gasteiger partial charge in [0.2, 0.25) is 0 Å². The third-order valence-corrected chi connectivity index (χ3v) is 3.63. The van der Waals surface area contributed by atoms with Crippen molar-refractivity contribution in [3.05, 3.63) is 65.7 Å². The average molecular weight is 271 g/mol. The predicted octanol–water partition coefficient (Wildman–Crippen LogP) is 3.40. The molecule has 1 fully saturated rings. The highest BCUT2D eigenvalue weighted by Gasteiger charge is 2.33. The molecule has 1 unspecified atom stereocenters. The Bertz CT molecular complexity index is 583. The summed E-state index contributed by atoms with van der Waals surface area (Å²) in [5, 5.41) is 0. The predicted molar refractivity (Wildman–Crippen MR) is 77.5 cm³/mol. The summed E-state index contributed by atoms with van der Waals surface area (Å²) in [6, 6.07) is 16.3. The molecule has 3 rings (SSSR count). The average Bonchev–Trinajstić information content (AvgIpc) is 3.31. The number of nitrogens with two attached hydrogens (primary N) is 1. The highest BCUT2D eigenvalue weighted by Crippen LogP contribution is 2.35. The van der Waals surface area contributed by atoms with Crippen LogP contribution in [0.25, 0.3) is 0 Å². The number of halogens is 1. The van der Waals surface area contributed by atoms with Gasteiger partial charge in [-0.15, -0.1) is 0 Å². The normalized spacial score (nSPS) is 17.5. The maximum Gasteiger partial charge on any atom is 0.173 e. The lowest BCUT2D eigenvalue weighted by atomic mass is 9.88. The van der Waals surface area contributed by atoms with Crippen molar-refractivity contribution >= 4 is 0 Å². The Hall–Kier alpha value is -1.87. The fraction of sp³-hybridized carbons (Fsp3) is 0.294. The number of alkyl halides is 1. The molecular weight excluding hydrogens is 253 g/mol. The van der Waals surface area contributed by atoms with E-state index in [1.54, 1.807) is 24.3 Å². The number of benzene rings is 2. The molecule has 1 aliphatic carbocycles. The van der Waals surface area contributed by atoms with E-state index in [0.717, 1.165) is 18.6 Å². The molecule has 2 aromatic rings. The van der Waals surface area contributed by atoms with E-state index in [1.807, 2.05) is 30.3 Å². The molecule has 0 bridgehead atoms. The Morgan fingerprint density at radius 3 is 2.40 bits per heavy atom. The Balaban J connectivity index is 1.95. The minimum Gasteiger partial charge on any atom is -0.490 e. The molecule has 2 N–H and O–H groups in total. The van der Waals surface area contributed by atoms with Crippen LogP contribution in [0.15, 0.2) is 54.6 Å². The van der Waals surface area contributed by atoms with Gasteiger partial charge in [0.05, 0.1) is 6.10 Å². The van der Waals surface area contributed by atoms with Crippen LogP contribution < -0.4 is 10.5 Å². The van der Waals surface area contributed by atoms with Crippen molar-refractivity contribution in [2.24, 2.45) is 5.73 Å². The quantitative estimate of drug-likeness (QED) is 0.904. The topological polar surface area (TPSA) is 35.2 Å². The maximum atomic E-state index is 15.3. The van der Waals surface area contributed by atoms with Gasteiger partial charge in [-0.25, -0.2) is 4.39 Å². The van der Waals surface area contributed by atoms with Crippen molar-refractivity contribution in [3.8, 4) is 5.75 Å². The van der Waals surface area contributed by atoms with E-state index in [1.165, 1.54) is 0 Å². The summed E-state index contributed by atoms with van der Waals surface area (Å²) < 4.78 is 21.1. The second-order valence-corrected chi connectivity index (χ2v) is 5.22. The Kier molecular flexibility index (Phi) is 3.45. The first-order valence-corrected chi connectivity index (χ1v) is 6.94. The van der Waals surface area contributed by atoms with Gasteiger partial charge in [-0.1, -0.05) is 42.5 Å². The fourth-order valence-corrected chi connectivity index (χ4v) is 2.30. The number of hydrogen-bond donors (Lipinski definition) is 1. The first-order valence-electron chi connectivity index (χ1n) is 6.94. The van der Waals surface area contributed by atoms with Crippen LogP contribution in [0.2, 0.25) is 0 Å². The van der Waals surface area contributed by atoms with Crippen molar-refractivity contribution in [2.75, 3.05) is 6.54 Å². The molecule has 1 aliphatic rings. The third kappa shape index (κ3) is 2.54. The first-order chi connectivity index (χ1) is 9.72. The number of hydrogen-bond acceptors (Lipinski definition) is 2. The zero-order chi connectivity index (χ0) is 14.0. The third-order valence-electron chi connectivity index (χ3n) is 3.63. The molecule has 0 amide bonds. The van der Waals surface area contributed by atoms with E-state index < -0.39 is 5.67 Å². The largest absolute Gasteiger partial charge is 0.490 e. The Morgan fingerprint density at radius 2 is 1.75 bits per heavy atom. The van der Waals surface area contributed by atoms with Crippen molar-refractivity contribution in [1.29, 1.82) is 0 Å². The molecule has 0 heterocycles. The first kappa shape index (κ1) is 13.1. The molecule has 0 radical (unpaired) electrons. The second kappa shape index (κ2) is 5.25. The lowest BCUT2D eigenvalue weighted by molar-refractivity contribution is 0.230. The molecule has 104 valence electrons.